The van der Waals surface area contributed by atoms with E-state index < -0.39 is 16.5 Å². The second-order valence-electron chi connectivity index (χ2n) is 13.8. The van der Waals surface area contributed by atoms with Crippen molar-refractivity contribution in [1.29, 1.82) is 0 Å². The predicted octanol–water partition coefficient (Wildman–Crippen LogP) is 6.51. The van der Waals surface area contributed by atoms with Crippen LogP contribution >= 0.6 is 0 Å². The maximum Gasteiger partial charge on any atom is 0.397 e. The Bertz CT molecular complexity index is 827. The van der Waals surface area contributed by atoms with Gasteiger partial charge < -0.3 is 5.11 Å². The molecule has 0 spiro atoms. The Morgan fingerprint density at radius 1 is 0.941 bits per heavy atom. The van der Waals surface area contributed by atoms with E-state index >= 15 is 0 Å². The van der Waals surface area contributed by atoms with Crippen LogP contribution in [0.25, 0.3) is 0 Å². The third-order valence-electron chi connectivity index (χ3n) is 11.6. The summed E-state index contributed by atoms with van der Waals surface area (Å²) >= 11 is 0. The van der Waals surface area contributed by atoms with E-state index in [4.69, 9.17) is 4.18 Å². The van der Waals surface area contributed by atoms with Crippen LogP contribution in [0, 0.1) is 58.2 Å². The van der Waals surface area contributed by atoms with E-state index in [0.29, 0.717) is 47.3 Å². The number of hydrogen-bond donors (Lipinski definition) is 2. The van der Waals surface area contributed by atoms with Crippen molar-refractivity contribution in [2.75, 3.05) is 0 Å². The Kier molecular flexibility index (Phi) is 7.60. The summed E-state index contributed by atoms with van der Waals surface area (Å²) < 4.78 is 36.8. The molecule has 11 atom stereocenters. The molecule has 2 N–H and O–H groups in total. The average molecular weight is 499 g/mol. The van der Waals surface area contributed by atoms with Crippen LogP contribution in [0.4, 0.5) is 0 Å². The van der Waals surface area contributed by atoms with Gasteiger partial charge in [-0.25, -0.2) is 4.18 Å². The molecule has 0 radical (unpaired) electrons. The first-order valence-electron chi connectivity index (χ1n) is 14.1. The molecular formula is C28H50O5S. The van der Waals surface area contributed by atoms with E-state index in [9.17, 15) is 18.1 Å². The van der Waals surface area contributed by atoms with Crippen molar-refractivity contribution in [3.63, 3.8) is 0 Å². The topological polar surface area (TPSA) is 83.8 Å². The third-order valence-corrected chi connectivity index (χ3v) is 12.1. The molecule has 4 aliphatic carbocycles. The molecule has 4 fully saturated rings. The molecule has 0 amide bonds. The van der Waals surface area contributed by atoms with Gasteiger partial charge in [-0.1, -0.05) is 48.0 Å². The van der Waals surface area contributed by atoms with Gasteiger partial charge in [0.2, 0.25) is 0 Å². The number of hydrogen-bond acceptors (Lipinski definition) is 4. The standard InChI is InChI=1S/C28H50O5S/c1-17(2)25(33-34(30,31)32)10-7-19(4)21-8-9-22-26-23(12-14-28(21,22)6)27(5)13-11-18(3)15-20(27)16-24(26)29/h17-26,29H,7-16H2,1-6H3,(H,30,31,32)/t18-,19+,20+,21+,22?,23?,24?,25+,26?,27-,28+/m0/s1. The van der Waals surface area contributed by atoms with Crippen LogP contribution in [0.3, 0.4) is 0 Å². The summed E-state index contributed by atoms with van der Waals surface area (Å²) in [5, 5.41) is 11.5. The fourth-order valence-electron chi connectivity index (χ4n) is 9.69. The lowest BCUT2D eigenvalue weighted by atomic mass is 9.43. The average Bonchev–Trinajstić information content (AvgIpc) is 3.08. The van der Waals surface area contributed by atoms with Gasteiger partial charge in [-0.3, -0.25) is 4.55 Å². The van der Waals surface area contributed by atoms with Crippen LogP contribution in [0.1, 0.15) is 106 Å². The zero-order chi connectivity index (χ0) is 25.1. The van der Waals surface area contributed by atoms with E-state index in [1.807, 2.05) is 13.8 Å². The highest BCUT2D eigenvalue weighted by atomic mass is 32.3. The van der Waals surface area contributed by atoms with E-state index in [1.54, 1.807) is 0 Å². The summed E-state index contributed by atoms with van der Waals surface area (Å²) in [5.74, 6) is 4.28. The Morgan fingerprint density at radius 3 is 2.24 bits per heavy atom. The van der Waals surface area contributed by atoms with Crippen molar-refractivity contribution in [1.82, 2.24) is 0 Å². The molecule has 4 aliphatic rings. The molecule has 0 aromatic rings. The van der Waals surface area contributed by atoms with E-state index in [1.165, 1.54) is 44.9 Å². The second kappa shape index (κ2) is 9.61. The number of aliphatic hydroxyl groups excluding tert-OH is 1. The van der Waals surface area contributed by atoms with Gasteiger partial charge >= 0.3 is 10.4 Å². The molecule has 0 bridgehead atoms. The highest BCUT2D eigenvalue weighted by molar-refractivity contribution is 7.80. The van der Waals surface area contributed by atoms with Gasteiger partial charge in [-0.05, 0) is 116 Å². The van der Waals surface area contributed by atoms with Gasteiger partial charge in [0.15, 0.2) is 0 Å². The first kappa shape index (κ1) is 26.9. The van der Waals surface area contributed by atoms with Gasteiger partial charge in [-0.15, -0.1) is 0 Å². The van der Waals surface area contributed by atoms with Gasteiger partial charge in [0, 0.05) is 0 Å². The first-order chi connectivity index (χ1) is 15.8. The molecule has 0 aliphatic heterocycles. The highest BCUT2D eigenvalue weighted by Crippen LogP contribution is 2.68. The molecule has 0 aromatic heterocycles. The van der Waals surface area contributed by atoms with Crippen LogP contribution in [0.2, 0.25) is 0 Å². The van der Waals surface area contributed by atoms with E-state index in [0.717, 1.165) is 18.8 Å². The number of aliphatic hydroxyl groups is 1. The Balaban J connectivity index is 1.47. The Morgan fingerprint density at radius 2 is 1.59 bits per heavy atom. The second-order valence-corrected chi connectivity index (χ2v) is 14.8. The van der Waals surface area contributed by atoms with Crippen LogP contribution in [0.15, 0.2) is 0 Å². The minimum absolute atomic E-state index is 0.0285. The zero-order valence-corrected chi connectivity index (χ0v) is 23.2. The van der Waals surface area contributed by atoms with Gasteiger partial charge in [0.25, 0.3) is 0 Å². The molecule has 0 aromatic carbocycles. The molecule has 4 saturated carbocycles. The summed E-state index contributed by atoms with van der Waals surface area (Å²) in [6.45, 7) is 13.7. The third kappa shape index (κ3) is 4.87. The lowest BCUT2D eigenvalue weighted by molar-refractivity contribution is -0.168. The Hall–Kier alpha value is -0.170. The number of fused-ring (bicyclic) bond motifs is 5. The SMILES string of the molecule is CC(C)[C@@H](CC[C@@H](C)[C@H]1CCC2C3C(O)C[C@H]4C[C@@H](C)CC[C@]4(C)C3CC[C@@]21C)OS(=O)(=O)O. The van der Waals surface area contributed by atoms with E-state index in [-0.39, 0.29) is 17.4 Å². The highest BCUT2D eigenvalue weighted by Gasteiger charge is 2.62. The molecule has 198 valence electrons. The predicted molar refractivity (Wildman–Crippen MR) is 135 cm³/mol. The molecule has 0 heterocycles. The molecule has 4 rings (SSSR count). The first-order valence-corrected chi connectivity index (χ1v) is 15.5. The van der Waals surface area contributed by atoms with Gasteiger partial charge in [0.1, 0.15) is 0 Å². The summed E-state index contributed by atoms with van der Waals surface area (Å²) in [5.41, 5.74) is 0.656. The maximum absolute atomic E-state index is 11.5. The minimum atomic E-state index is -4.43. The van der Waals surface area contributed by atoms with Crippen molar-refractivity contribution in [3.8, 4) is 0 Å². The molecule has 0 saturated heterocycles. The van der Waals surface area contributed by atoms with E-state index in [2.05, 4.69) is 27.7 Å². The van der Waals surface area contributed by atoms with Crippen molar-refractivity contribution in [2.24, 2.45) is 58.2 Å². The summed E-state index contributed by atoms with van der Waals surface area (Å²) in [4.78, 5) is 0. The van der Waals surface area contributed by atoms with Crippen LogP contribution in [-0.2, 0) is 14.6 Å². The largest absolute Gasteiger partial charge is 0.397 e. The molecule has 34 heavy (non-hydrogen) atoms. The van der Waals surface area contributed by atoms with Crippen molar-refractivity contribution < 1.29 is 22.3 Å². The maximum atomic E-state index is 11.5. The lowest BCUT2D eigenvalue weighted by Crippen LogP contribution is -2.58. The van der Waals surface area contributed by atoms with Crippen molar-refractivity contribution >= 4 is 10.4 Å². The van der Waals surface area contributed by atoms with Gasteiger partial charge in [0.05, 0.1) is 12.2 Å². The summed E-state index contributed by atoms with van der Waals surface area (Å²) in [6, 6.07) is 0. The van der Waals surface area contributed by atoms with Crippen LogP contribution in [-0.4, -0.2) is 30.3 Å². The fourth-order valence-corrected chi connectivity index (χ4v) is 10.3. The molecule has 5 nitrogen and oxygen atoms in total. The molecule has 6 heteroatoms. The van der Waals surface area contributed by atoms with Crippen molar-refractivity contribution in [2.45, 2.75) is 118 Å². The van der Waals surface area contributed by atoms with Gasteiger partial charge in [-0.2, -0.15) is 8.42 Å². The fraction of sp³-hybridized carbons (Fsp3) is 1.00. The smallest absolute Gasteiger partial charge is 0.393 e. The van der Waals surface area contributed by atoms with Crippen LogP contribution < -0.4 is 0 Å². The quantitative estimate of drug-likeness (QED) is 0.391. The summed E-state index contributed by atoms with van der Waals surface area (Å²) in [6.07, 6.45) is 10.8. The zero-order valence-electron chi connectivity index (χ0n) is 22.4. The molecule has 4 unspecified atom stereocenters. The monoisotopic (exact) mass is 498 g/mol. The van der Waals surface area contributed by atoms with Crippen molar-refractivity contribution in [3.05, 3.63) is 0 Å². The van der Waals surface area contributed by atoms with Crippen LogP contribution in [0.5, 0.6) is 0 Å². The lowest BCUT2D eigenvalue weighted by Gasteiger charge is -2.62. The number of rotatable bonds is 7. The Labute approximate surface area is 208 Å². The summed E-state index contributed by atoms with van der Waals surface area (Å²) in [7, 11) is -4.43. The minimum Gasteiger partial charge on any atom is -0.393 e. The molecular weight excluding hydrogens is 448 g/mol. The normalized spacial score (nSPS) is 46.4.